The lowest BCUT2D eigenvalue weighted by atomic mass is 10.3. The van der Waals surface area contributed by atoms with E-state index in [1.807, 2.05) is 26.0 Å². The van der Waals surface area contributed by atoms with Crippen LogP contribution in [0.25, 0.3) is 0 Å². The molecule has 0 saturated carbocycles. The van der Waals surface area contributed by atoms with Crippen molar-refractivity contribution in [2.75, 3.05) is 34.2 Å². The number of halogens is 1. The van der Waals surface area contributed by atoms with Crippen LogP contribution < -0.4 is 0 Å². The molecule has 0 aliphatic rings. The van der Waals surface area contributed by atoms with Crippen LogP contribution in [0.4, 0.5) is 4.39 Å². The average Bonchev–Trinajstić information content (AvgIpc) is 2.09. The molecule has 0 heterocycles. The molecular weight excluding hydrogens is 179 g/mol. The van der Waals surface area contributed by atoms with E-state index in [4.69, 9.17) is 0 Å². The maximum atomic E-state index is 12.3. The van der Waals surface area contributed by atoms with E-state index < -0.39 is 5.83 Å². The molecule has 0 unspecified atom stereocenters. The lowest BCUT2D eigenvalue weighted by Crippen LogP contribution is -2.27. The summed E-state index contributed by atoms with van der Waals surface area (Å²) in [5.74, 6) is -0.452. The summed E-state index contributed by atoms with van der Waals surface area (Å²) in [6, 6.07) is 0. The van der Waals surface area contributed by atoms with Crippen LogP contribution in [-0.2, 0) is 0 Å². The summed E-state index contributed by atoms with van der Waals surface area (Å²) in [5.41, 5.74) is 0.783. The molecule has 0 bridgehead atoms. The fourth-order valence-corrected chi connectivity index (χ4v) is 0.807. The number of hydrogen-bond acceptors (Lipinski definition) is 2. The number of rotatable bonds is 6. The van der Waals surface area contributed by atoms with Gasteiger partial charge in [0.15, 0.2) is 0 Å². The number of allylic oxidation sites excluding steroid dienone is 3. The second-order valence-electron chi connectivity index (χ2n) is 3.50. The zero-order valence-electron chi connectivity index (χ0n) is 9.26. The normalized spacial score (nSPS) is 10.9. The molecule has 0 aromatic carbocycles. The van der Waals surface area contributed by atoms with E-state index >= 15 is 0 Å². The Hall–Kier alpha value is -1.09. The first kappa shape index (κ1) is 12.9. The number of nitrogens with zero attached hydrogens (tertiary/aromatic N) is 2. The molecule has 0 N–H and O–H groups in total. The van der Waals surface area contributed by atoms with Crippen LogP contribution in [0.3, 0.4) is 0 Å². The van der Waals surface area contributed by atoms with Crippen molar-refractivity contribution in [2.45, 2.75) is 0 Å². The third kappa shape index (κ3) is 6.43. The predicted octanol–water partition coefficient (Wildman–Crippen LogP) is 2.03. The third-order valence-corrected chi connectivity index (χ3v) is 1.83. The summed E-state index contributed by atoms with van der Waals surface area (Å²) in [5, 5.41) is 0. The summed E-state index contributed by atoms with van der Waals surface area (Å²) in [6.07, 6.45) is 2.94. The van der Waals surface area contributed by atoms with Crippen LogP contribution in [0, 0.1) is 0 Å². The molecule has 0 rings (SSSR count). The van der Waals surface area contributed by atoms with Crippen LogP contribution in [0.15, 0.2) is 36.8 Å². The highest BCUT2D eigenvalue weighted by Gasteiger charge is 1.98. The monoisotopic (exact) mass is 198 g/mol. The smallest absolute Gasteiger partial charge is 0.116 e. The van der Waals surface area contributed by atoms with Gasteiger partial charge in [0, 0.05) is 25.8 Å². The molecule has 14 heavy (non-hydrogen) atoms. The predicted molar refractivity (Wildman–Crippen MR) is 59.7 cm³/mol. The van der Waals surface area contributed by atoms with Crippen molar-refractivity contribution in [3.05, 3.63) is 36.8 Å². The van der Waals surface area contributed by atoms with Gasteiger partial charge in [-0.1, -0.05) is 13.2 Å². The van der Waals surface area contributed by atoms with E-state index in [2.05, 4.69) is 18.1 Å². The van der Waals surface area contributed by atoms with Gasteiger partial charge in [-0.15, -0.1) is 0 Å². The molecule has 0 aromatic heterocycles. The van der Waals surface area contributed by atoms with Crippen molar-refractivity contribution in [1.82, 2.24) is 9.80 Å². The minimum absolute atomic E-state index is 0.452. The summed E-state index contributed by atoms with van der Waals surface area (Å²) >= 11 is 0. The minimum atomic E-state index is -0.452. The molecule has 0 aliphatic carbocycles. The standard InChI is InChI=1S/C11H19FN2/c1-10(12)6-7-11(2)14(5)9-8-13(3)4/h6-7H,1-2,8-9H2,3-5H3/b7-6-. The van der Waals surface area contributed by atoms with Gasteiger partial charge in [0.2, 0.25) is 0 Å². The maximum absolute atomic E-state index is 12.3. The van der Waals surface area contributed by atoms with Crippen molar-refractivity contribution >= 4 is 0 Å². The Kier molecular flexibility index (Phi) is 5.88. The van der Waals surface area contributed by atoms with Gasteiger partial charge in [-0.2, -0.15) is 0 Å². The summed E-state index contributed by atoms with van der Waals surface area (Å²) < 4.78 is 12.3. The fraction of sp³-hybridized carbons (Fsp3) is 0.455. The van der Waals surface area contributed by atoms with Gasteiger partial charge in [-0.3, -0.25) is 0 Å². The summed E-state index contributed by atoms with van der Waals surface area (Å²) in [6.45, 7) is 8.77. The second-order valence-corrected chi connectivity index (χ2v) is 3.50. The Bertz CT molecular complexity index is 231. The Morgan fingerprint density at radius 3 is 2.14 bits per heavy atom. The van der Waals surface area contributed by atoms with E-state index in [0.29, 0.717) is 0 Å². The van der Waals surface area contributed by atoms with Gasteiger partial charge in [0.25, 0.3) is 0 Å². The van der Waals surface area contributed by atoms with Gasteiger partial charge in [0.1, 0.15) is 5.83 Å². The zero-order chi connectivity index (χ0) is 11.1. The summed E-state index contributed by atoms with van der Waals surface area (Å²) in [7, 11) is 5.95. The van der Waals surface area contributed by atoms with Crippen molar-refractivity contribution in [1.29, 1.82) is 0 Å². The molecule has 0 aliphatic heterocycles. The quantitative estimate of drug-likeness (QED) is 0.603. The molecule has 2 nitrogen and oxygen atoms in total. The van der Waals surface area contributed by atoms with Gasteiger partial charge in [0.05, 0.1) is 0 Å². The number of hydrogen-bond donors (Lipinski definition) is 0. The highest BCUT2D eigenvalue weighted by Crippen LogP contribution is 2.03. The third-order valence-electron chi connectivity index (χ3n) is 1.83. The second kappa shape index (κ2) is 6.38. The van der Waals surface area contributed by atoms with Gasteiger partial charge < -0.3 is 9.80 Å². The van der Waals surface area contributed by atoms with Crippen molar-refractivity contribution < 1.29 is 4.39 Å². The first-order chi connectivity index (χ1) is 6.43. The summed E-state index contributed by atoms with van der Waals surface area (Å²) in [4.78, 5) is 4.06. The lowest BCUT2D eigenvalue weighted by Gasteiger charge is -2.21. The molecule has 0 radical (unpaired) electrons. The molecule has 3 heteroatoms. The van der Waals surface area contributed by atoms with E-state index in [1.165, 1.54) is 6.08 Å². The van der Waals surface area contributed by atoms with Gasteiger partial charge in [-0.05, 0) is 26.2 Å². The van der Waals surface area contributed by atoms with Crippen molar-refractivity contribution in [2.24, 2.45) is 0 Å². The molecule has 0 atom stereocenters. The van der Waals surface area contributed by atoms with E-state index in [1.54, 1.807) is 6.08 Å². The largest absolute Gasteiger partial charge is 0.374 e. The van der Waals surface area contributed by atoms with Gasteiger partial charge in [-0.25, -0.2) is 4.39 Å². The Balaban J connectivity index is 3.93. The first-order valence-corrected chi connectivity index (χ1v) is 4.50. The Labute approximate surface area is 86.0 Å². The van der Waals surface area contributed by atoms with Crippen molar-refractivity contribution in [3.8, 4) is 0 Å². The lowest BCUT2D eigenvalue weighted by molar-refractivity contribution is 0.331. The fourth-order valence-electron chi connectivity index (χ4n) is 0.807. The first-order valence-electron chi connectivity index (χ1n) is 4.50. The molecule has 0 saturated heterocycles. The molecule has 0 fully saturated rings. The molecule has 0 aromatic rings. The van der Waals surface area contributed by atoms with Crippen LogP contribution in [0.1, 0.15) is 0 Å². The van der Waals surface area contributed by atoms with E-state index in [0.717, 1.165) is 18.8 Å². The molecule has 0 amide bonds. The van der Waals surface area contributed by atoms with Crippen LogP contribution in [0.5, 0.6) is 0 Å². The van der Waals surface area contributed by atoms with Crippen LogP contribution in [0.2, 0.25) is 0 Å². The molecular formula is C11H19FN2. The van der Waals surface area contributed by atoms with Crippen LogP contribution in [-0.4, -0.2) is 44.0 Å². The molecule has 80 valence electrons. The molecule has 0 spiro atoms. The Morgan fingerprint density at radius 1 is 1.14 bits per heavy atom. The topological polar surface area (TPSA) is 6.48 Å². The van der Waals surface area contributed by atoms with Gasteiger partial charge >= 0.3 is 0 Å². The highest BCUT2D eigenvalue weighted by molar-refractivity contribution is 5.19. The average molecular weight is 198 g/mol. The van der Waals surface area contributed by atoms with Crippen LogP contribution >= 0.6 is 0 Å². The highest BCUT2D eigenvalue weighted by atomic mass is 19.1. The van der Waals surface area contributed by atoms with Crippen molar-refractivity contribution in [3.63, 3.8) is 0 Å². The number of likely N-dealkylation sites (N-methyl/N-ethyl adjacent to an activating group) is 2. The minimum Gasteiger partial charge on any atom is -0.374 e. The van der Waals surface area contributed by atoms with E-state index in [9.17, 15) is 4.39 Å². The van der Waals surface area contributed by atoms with E-state index in [-0.39, 0.29) is 0 Å². The maximum Gasteiger partial charge on any atom is 0.116 e. The SMILES string of the molecule is C=C(F)/C=C\C(=C)N(C)CCN(C)C. The zero-order valence-corrected chi connectivity index (χ0v) is 9.26. The Morgan fingerprint density at radius 2 is 1.71 bits per heavy atom.